The van der Waals surface area contributed by atoms with Crippen LogP contribution in [0.2, 0.25) is 0 Å². The van der Waals surface area contributed by atoms with Gasteiger partial charge in [0.1, 0.15) is 18.5 Å². The van der Waals surface area contributed by atoms with E-state index < -0.39 is 10.0 Å². The van der Waals surface area contributed by atoms with Crippen molar-refractivity contribution < 1.29 is 22.7 Å². The van der Waals surface area contributed by atoms with Crippen LogP contribution >= 0.6 is 0 Å². The molecule has 0 atom stereocenters. The summed E-state index contributed by atoms with van der Waals surface area (Å²) in [4.78, 5) is 12.6. The molecule has 32 heavy (non-hydrogen) atoms. The molecule has 8 heteroatoms. The Labute approximate surface area is 188 Å². The van der Waals surface area contributed by atoms with Crippen LogP contribution in [0, 0.1) is 0 Å². The summed E-state index contributed by atoms with van der Waals surface area (Å²) in [5, 5.41) is 2.76. The number of amides is 1. The second-order valence-electron chi connectivity index (χ2n) is 6.98. The maximum absolute atomic E-state index is 12.6. The fraction of sp³-hybridized carbons (Fsp3) is 0.208. The second-order valence-corrected chi connectivity index (χ2v) is 8.99. The van der Waals surface area contributed by atoms with Crippen molar-refractivity contribution in [3.05, 3.63) is 90.0 Å². The summed E-state index contributed by atoms with van der Waals surface area (Å²) in [6, 6.07) is 24.1. The number of rotatable bonds is 10. The molecule has 7 nitrogen and oxygen atoms in total. The van der Waals surface area contributed by atoms with Crippen LogP contribution in [0.1, 0.15) is 24.2 Å². The Balaban J connectivity index is 1.69. The molecule has 0 aromatic heterocycles. The summed E-state index contributed by atoms with van der Waals surface area (Å²) < 4.78 is 37.3. The van der Waals surface area contributed by atoms with Crippen LogP contribution in [0.4, 0.5) is 11.4 Å². The Morgan fingerprint density at radius 3 is 2.06 bits per heavy atom. The third kappa shape index (κ3) is 6.32. The standard InChI is InChI=1S/C24H26N2O5S/c1-3-32(28,29)26-21-15-14-20(16-22(21)30-2)25-23(27)17-31-24(18-10-6-4-7-11-18)19-12-8-5-9-13-19/h4-16,24,26H,3,17H2,1-2H3,(H,25,27). The topological polar surface area (TPSA) is 93.7 Å². The second kappa shape index (κ2) is 10.8. The molecule has 0 saturated carbocycles. The first kappa shape index (κ1) is 23.3. The maximum Gasteiger partial charge on any atom is 0.250 e. The number of hydrogen-bond acceptors (Lipinski definition) is 5. The number of benzene rings is 3. The molecule has 0 aliphatic rings. The monoisotopic (exact) mass is 454 g/mol. The first-order valence-electron chi connectivity index (χ1n) is 10.1. The molecule has 0 heterocycles. The highest BCUT2D eigenvalue weighted by atomic mass is 32.2. The Hall–Kier alpha value is -3.36. The quantitative estimate of drug-likeness (QED) is 0.479. The smallest absolute Gasteiger partial charge is 0.250 e. The lowest BCUT2D eigenvalue weighted by Crippen LogP contribution is -2.21. The van der Waals surface area contributed by atoms with Gasteiger partial charge >= 0.3 is 0 Å². The van der Waals surface area contributed by atoms with Crippen LogP contribution in [-0.2, 0) is 19.6 Å². The lowest BCUT2D eigenvalue weighted by molar-refractivity contribution is -0.121. The minimum atomic E-state index is -3.45. The Bertz CT molecular complexity index is 1100. The lowest BCUT2D eigenvalue weighted by Gasteiger charge is -2.19. The van der Waals surface area contributed by atoms with E-state index in [0.29, 0.717) is 17.1 Å². The maximum atomic E-state index is 12.6. The third-order valence-electron chi connectivity index (χ3n) is 4.72. The predicted octanol–water partition coefficient (Wildman–Crippen LogP) is 4.20. The molecule has 0 unspecified atom stereocenters. The summed E-state index contributed by atoms with van der Waals surface area (Å²) >= 11 is 0. The van der Waals surface area contributed by atoms with Crippen molar-refractivity contribution in [1.29, 1.82) is 0 Å². The van der Waals surface area contributed by atoms with Crippen molar-refractivity contribution in [2.24, 2.45) is 0 Å². The molecule has 0 radical (unpaired) electrons. The summed E-state index contributed by atoms with van der Waals surface area (Å²) in [5.74, 6) is -0.103. The van der Waals surface area contributed by atoms with E-state index in [-0.39, 0.29) is 24.4 Å². The number of ether oxygens (including phenoxy) is 2. The largest absolute Gasteiger partial charge is 0.494 e. The average Bonchev–Trinajstić information content (AvgIpc) is 2.81. The zero-order chi connectivity index (χ0) is 23.0. The zero-order valence-corrected chi connectivity index (χ0v) is 18.8. The molecule has 3 rings (SSSR count). The summed E-state index contributed by atoms with van der Waals surface area (Å²) in [6.45, 7) is 1.38. The van der Waals surface area contributed by atoms with Gasteiger partial charge < -0.3 is 14.8 Å². The predicted molar refractivity (Wildman–Crippen MR) is 125 cm³/mol. The van der Waals surface area contributed by atoms with Crippen LogP contribution in [0.25, 0.3) is 0 Å². The van der Waals surface area contributed by atoms with Gasteiger partial charge in [-0.1, -0.05) is 60.7 Å². The van der Waals surface area contributed by atoms with Gasteiger partial charge in [0.25, 0.3) is 0 Å². The van der Waals surface area contributed by atoms with Crippen molar-refractivity contribution in [3.8, 4) is 5.75 Å². The van der Waals surface area contributed by atoms with Crippen molar-refractivity contribution >= 4 is 27.3 Å². The number of carbonyl (C=O) groups is 1. The van der Waals surface area contributed by atoms with Gasteiger partial charge in [-0.2, -0.15) is 0 Å². The van der Waals surface area contributed by atoms with Crippen LogP contribution in [0.5, 0.6) is 5.75 Å². The first-order valence-corrected chi connectivity index (χ1v) is 11.8. The van der Waals surface area contributed by atoms with Gasteiger partial charge in [-0.3, -0.25) is 9.52 Å². The highest BCUT2D eigenvalue weighted by Gasteiger charge is 2.17. The average molecular weight is 455 g/mol. The van der Waals surface area contributed by atoms with E-state index in [9.17, 15) is 13.2 Å². The molecular formula is C24H26N2O5S. The van der Waals surface area contributed by atoms with Gasteiger partial charge in [-0.15, -0.1) is 0 Å². The van der Waals surface area contributed by atoms with E-state index >= 15 is 0 Å². The molecule has 3 aromatic rings. The number of methoxy groups -OCH3 is 1. The molecule has 1 amide bonds. The molecular weight excluding hydrogens is 428 g/mol. The number of carbonyl (C=O) groups excluding carboxylic acids is 1. The van der Waals surface area contributed by atoms with Gasteiger partial charge in [-0.05, 0) is 30.2 Å². The van der Waals surface area contributed by atoms with Gasteiger partial charge in [0.05, 0.1) is 18.6 Å². The third-order valence-corrected chi connectivity index (χ3v) is 6.01. The van der Waals surface area contributed by atoms with Gasteiger partial charge in [0, 0.05) is 11.8 Å². The number of anilines is 2. The van der Waals surface area contributed by atoms with Crippen molar-refractivity contribution in [1.82, 2.24) is 0 Å². The van der Waals surface area contributed by atoms with E-state index in [1.165, 1.54) is 7.11 Å². The van der Waals surface area contributed by atoms with E-state index in [1.807, 2.05) is 60.7 Å². The SMILES string of the molecule is CCS(=O)(=O)Nc1ccc(NC(=O)COC(c2ccccc2)c2ccccc2)cc1OC. The Kier molecular flexibility index (Phi) is 7.86. The van der Waals surface area contributed by atoms with E-state index in [4.69, 9.17) is 9.47 Å². The van der Waals surface area contributed by atoms with Crippen molar-refractivity contribution in [2.75, 3.05) is 29.5 Å². The molecule has 0 aliphatic carbocycles. The first-order chi connectivity index (χ1) is 15.4. The van der Waals surface area contributed by atoms with Crippen molar-refractivity contribution in [2.45, 2.75) is 13.0 Å². The van der Waals surface area contributed by atoms with Gasteiger partial charge in [0.15, 0.2) is 0 Å². The van der Waals surface area contributed by atoms with Crippen LogP contribution in [-0.4, -0.2) is 33.8 Å². The normalized spacial score (nSPS) is 11.2. The Morgan fingerprint density at radius 1 is 0.938 bits per heavy atom. The van der Waals surface area contributed by atoms with Crippen LogP contribution < -0.4 is 14.8 Å². The van der Waals surface area contributed by atoms with Gasteiger partial charge in [0.2, 0.25) is 15.9 Å². The minimum Gasteiger partial charge on any atom is -0.494 e. The summed E-state index contributed by atoms with van der Waals surface area (Å²) in [5.41, 5.74) is 2.66. The zero-order valence-electron chi connectivity index (χ0n) is 17.9. The highest BCUT2D eigenvalue weighted by molar-refractivity contribution is 7.92. The molecule has 3 aromatic carbocycles. The van der Waals surface area contributed by atoms with Gasteiger partial charge in [-0.25, -0.2) is 8.42 Å². The van der Waals surface area contributed by atoms with Crippen LogP contribution in [0.15, 0.2) is 78.9 Å². The van der Waals surface area contributed by atoms with E-state index in [1.54, 1.807) is 25.1 Å². The number of hydrogen-bond donors (Lipinski definition) is 2. The van der Waals surface area contributed by atoms with Crippen LogP contribution in [0.3, 0.4) is 0 Å². The Morgan fingerprint density at radius 2 is 1.53 bits per heavy atom. The molecule has 2 N–H and O–H groups in total. The van der Waals surface area contributed by atoms with E-state index in [2.05, 4.69) is 10.0 Å². The number of nitrogens with one attached hydrogen (secondary N) is 2. The highest BCUT2D eigenvalue weighted by Crippen LogP contribution is 2.29. The number of sulfonamides is 1. The molecule has 0 bridgehead atoms. The summed E-state index contributed by atoms with van der Waals surface area (Å²) in [7, 11) is -2.02. The lowest BCUT2D eigenvalue weighted by atomic mass is 10.0. The van der Waals surface area contributed by atoms with E-state index in [0.717, 1.165) is 11.1 Å². The molecule has 0 saturated heterocycles. The fourth-order valence-corrected chi connectivity index (χ4v) is 3.74. The molecule has 0 fully saturated rings. The molecule has 0 spiro atoms. The summed E-state index contributed by atoms with van der Waals surface area (Å²) in [6.07, 6.45) is -0.386. The molecule has 0 aliphatic heterocycles. The minimum absolute atomic E-state index is 0.0595. The fourth-order valence-electron chi connectivity index (χ4n) is 3.09. The van der Waals surface area contributed by atoms with Crippen molar-refractivity contribution in [3.63, 3.8) is 0 Å². The molecule has 168 valence electrons.